The maximum Gasteiger partial charge on any atom is 0.348 e. The molecule has 0 saturated carbocycles. The van der Waals surface area contributed by atoms with Gasteiger partial charge in [-0.2, -0.15) is 0 Å². The molecule has 60 valence electrons. The summed E-state index contributed by atoms with van der Waals surface area (Å²) in [4.78, 5) is 25.1. The van der Waals surface area contributed by atoms with Crippen molar-refractivity contribution in [3.8, 4) is 0 Å². The van der Waals surface area contributed by atoms with Crippen LogP contribution in [0.5, 0.6) is 0 Å². The van der Waals surface area contributed by atoms with E-state index in [-0.39, 0.29) is 12.3 Å². The Labute approximate surface area is 64.5 Å². The molecule has 4 heteroatoms. The van der Waals surface area contributed by atoms with Gasteiger partial charge in [0.05, 0.1) is 6.54 Å². The van der Waals surface area contributed by atoms with Crippen molar-refractivity contribution in [1.82, 2.24) is 5.48 Å². The molecular formula is C7H9NO3. The molecule has 0 aliphatic heterocycles. The fourth-order valence-electron chi connectivity index (χ4n) is 0.292. The average Bonchev–Trinajstić information content (AvgIpc) is 2.04. The highest BCUT2D eigenvalue weighted by Gasteiger charge is 1.97. The van der Waals surface area contributed by atoms with Crippen LogP contribution in [0.3, 0.4) is 0 Å². The third kappa shape index (κ3) is 5.05. The molecule has 11 heavy (non-hydrogen) atoms. The summed E-state index contributed by atoms with van der Waals surface area (Å²) >= 11 is 0. The first-order valence-corrected chi connectivity index (χ1v) is 2.92. The van der Waals surface area contributed by atoms with Gasteiger partial charge < -0.3 is 4.84 Å². The lowest BCUT2D eigenvalue weighted by atomic mass is 10.4. The van der Waals surface area contributed by atoms with Gasteiger partial charge in [-0.3, -0.25) is 4.79 Å². The summed E-state index contributed by atoms with van der Waals surface area (Å²) < 4.78 is 0. The number of hydroxylamine groups is 1. The largest absolute Gasteiger partial charge is 0.367 e. The minimum Gasteiger partial charge on any atom is -0.367 e. The highest BCUT2D eigenvalue weighted by Crippen LogP contribution is 1.74. The average molecular weight is 155 g/mol. The molecule has 0 aliphatic carbocycles. The summed E-state index contributed by atoms with van der Waals surface area (Å²) in [5.41, 5.74) is 2.15. The smallest absolute Gasteiger partial charge is 0.348 e. The van der Waals surface area contributed by atoms with E-state index in [0.29, 0.717) is 0 Å². The van der Waals surface area contributed by atoms with Crippen molar-refractivity contribution in [2.24, 2.45) is 0 Å². The molecule has 1 N–H and O–H groups in total. The summed E-state index contributed by atoms with van der Waals surface area (Å²) in [5, 5.41) is 0. The maximum atomic E-state index is 10.5. The van der Waals surface area contributed by atoms with E-state index in [2.05, 4.69) is 23.5 Å². The van der Waals surface area contributed by atoms with Gasteiger partial charge in [0.2, 0.25) is 0 Å². The van der Waals surface area contributed by atoms with E-state index in [4.69, 9.17) is 0 Å². The molecule has 0 aromatic heterocycles. The van der Waals surface area contributed by atoms with Gasteiger partial charge in [0.25, 0.3) is 0 Å². The van der Waals surface area contributed by atoms with Crippen molar-refractivity contribution in [2.45, 2.75) is 0 Å². The zero-order chi connectivity index (χ0) is 8.69. The highest BCUT2D eigenvalue weighted by atomic mass is 16.7. The second kappa shape index (κ2) is 5.37. The number of carbonyl (C=O) groups excluding carboxylic acids is 2. The summed E-state index contributed by atoms with van der Waals surface area (Å²) in [6.07, 6.45) is 2.13. The van der Waals surface area contributed by atoms with Crippen LogP contribution < -0.4 is 5.48 Å². The topological polar surface area (TPSA) is 55.4 Å². The molecule has 0 bridgehead atoms. The first kappa shape index (κ1) is 9.58. The van der Waals surface area contributed by atoms with Gasteiger partial charge >= 0.3 is 5.97 Å². The fraction of sp³-hybridized carbons (Fsp3) is 0.143. The van der Waals surface area contributed by atoms with E-state index in [1.807, 2.05) is 0 Å². The lowest BCUT2D eigenvalue weighted by Gasteiger charge is -1.98. The fourth-order valence-corrected chi connectivity index (χ4v) is 0.292. The minimum atomic E-state index is -0.623. The molecule has 0 spiro atoms. The first-order chi connectivity index (χ1) is 5.20. The van der Waals surface area contributed by atoms with Gasteiger partial charge in [-0.1, -0.05) is 13.2 Å². The summed E-state index contributed by atoms with van der Waals surface area (Å²) in [6.45, 7) is 6.32. The number of hydrogen-bond acceptors (Lipinski definition) is 4. The van der Waals surface area contributed by atoms with E-state index < -0.39 is 5.97 Å². The second-order valence-electron chi connectivity index (χ2n) is 1.62. The Morgan fingerprint density at radius 3 is 2.45 bits per heavy atom. The summed E-state index contributed by atoms with van der Waals surface area (Å²) in [7, 11) is 0. The quantitative estimate of drug-likeness (QED) is 0.447. The standard InChI is InChI=1S/C7H9NO3/c1-3-6(9)5-8-11-7(10)4-2/h3-4,8H,1-2,5H2. The Kier molecular flexibility index (Phi) is 4.68. The third-order valence-electron chi connectivity index (χ3n) is 0.813. The highest BCUT2D eigenvalue weighted by molar-refractivity contribution is 5.90. The van der Waals surface area contributed by atoms with Crippen LogP contribution in [0.25, 0.3) is 0 Å². The number of nitrogens with one attached hydrogen (secondary N) is 1. The Balaban J connectivity index is 3.41. The molecule has 0 atom stereocenters. The van der Waals surface area contributed by atoms with Crippen LogP contribution in [0.15, 0.2) is 25.3 Å². The molecule has 0 saturated heterocycles. The number of carbonyl (C=O) groups is 2. The molecule has 0 radical (unpaired) electrons. The third-order valence-corrected chi connectivity index (χ3v) is 0.813. The summed E-state index contributed by atoms with van der Waals surface area (Å²) in [6, 6.07) is 0. The van der Waals surface area contributed by atoms with Crippen LogP contribution in [-0.2, 0) is 14.4 Å². The Morgan fingerprint density at radius 2 is 2.00 bits per heavy atom. The van der Waals surface area contributed by atoms with Crippen molar-refractivity contribution in [1.29, 1.82) is 0 Å². The van der Waals surface area contributed by atoms with Crippen molar-refractivity contribution in [2.75, 3.05) is 6.54 Å². The zero-order valence-corrected chi connectivity index (χ0v) is 6.00. The molecule has 0 unspecified atom stereocenters. The van der Waals surface area contributed by atoms with Crippen LogP contribution >= 0.6 is 0 Å². The zero-order valence-electron chi connectivity index (χ0n) is 6.00. The predicted octanol–water partition coefficient (Wildman–Crippen LogP) is -0.0247. The molecule has 0 aromatic carbocycles. The van der Waals surface area contributed by atoms with Crippen LogP contribution in [-0.4, -0.2) is 18.3 Å². The van der Waals surface area contributed by atoms with Crippen LogP contribution in [0.1, 0.15) is 0 Å². The van der Waals surface area contributed by atoms with E-state index in [1.54, 1.807) is 0 Å². The maximum absolute atomic E-state index is 10.5. The van der Waals surface area contributed by atoms with Gasteiger partial charge in [-0.05, 0) is 6.08 Å². The predicted molar refractivity (Wildman–Crippen MR) is 39.5 cm³/mol. The van der Waals surface area contributed by atoms with Gasteiger partial charge in [-0.15, -0.1) is 5.48 Å². The molecule has 0 aliphatic rings. The van der Waals surface area contributed by atoms with E-state index in [1.165, 1.54) is 0 Å². The molecule has 0 heterocycles. The van der Waals surface area contributed by atoms with E-state index in [0.717, 1.165) is 12.2 Å². The molecular weight excluding hydrogens is 146 g/mol. The second-order valence-corrected chi connectivity index (χ2v) is 1.62. The van der Waals surface area contributed by atoms with Gasteiger partial charge in [0.1, 0.15) is 0 Å². The first-order valence-electron chi connectivity index (χ1n) is 2.92. The molecule has 0 aromatic rings. The Hall–Kier alpha value is -1.42. The van der Waals surface area contributed by atoms with E-state index >= 15 is 0 Å². The molecule has 0 fully saturated rings. The van der Waals surface area contributed by atoms with E-state index in [9.17, 15) is 9.59 Å². The van der Waals surface area contributed by atoms with Gasteiger partial charge in [-0.25, -0.2) is 4.79 Å². The number of hydrogen-bond donors (Lipinski definition) is 1. The summed E-state index contributed by atoms with van der Waals surface area (Å²) in [5.74, 6) is -0.872. The SMILES string of the molecule is C=CC(=O)CNOC(=O)C=C. The van der Waals surface area contributed by atoms with Crippen molar-refractivity contribution < 1.29 is 14.4 Å². The monoisotopic (exact) mass is 155 g/mol. The lowest BCUT2D eigenvalue weighted by Crippen LogP contribution is -2.24. The van der Waals surface area contributed by atoms with Crippen LogP contribution in [0, 0.1) is 0 Å². The molecule has 4 nitrogen and oxygen atoms in total. The number of rotatable bonds is 5. The molecule has 0 amide bonds. The number of ketones is 1. The van der Waals surface area contributed by atoms with Crippen molar-refractivity contribution in [3.05, 3.63) is 25.3 Å². The minimum absolute atomic E-state index is 0.0664. The lowest BCUT2D eigenvalue weighted by molar-refractivity contribution is -0.145. The normalized spacial score (nSPS) is 8.36. The van der Waals surface area contributed by atoms with Crippen molar-refractivity contribution in [3.63, 3.8) is 0 Å². The van der Waals surface area contributed by atoms with Gasteiger partial charge in [0.15, 0.2) is 5.78 Å². The van der Waals surface area contributed by atoms with Gasteiger partial charge in [0, 0.05) is 6.08 Å². The van der Waals surface area contributed by atoms with Crippen LogP contribution in [0.4, 0.5) is 0 Å². The Bertz CT molecular complexity index is 166. The Morgan fingerprint density at radius 1 is 1.36 bits per heavy atom. The molecule has 0 rings (SSSR count). The van der Waals surface area contributed by atoms with Crippen LogP contribution in [0.2, 0.25) is 0 Å². The van der Waals surface area contributed by atoms with Crippen molar-refractivity contribution >= 4 is 11.8 Å².